The number of aliphatic hydroxyl groups excluding tert-OH is 1. The van der Waals surface area contributed by atoms with Gasteiger partial charge in [-0.25, -0.2) is 0 Å². The molecule has 1 aromatic heterocycles. The zero-order chi connectivity index (χ0) is 23.4. The van der Waals surface area contributed by atoms with Crippen molar-refractivity contribution < 1.29 is 18.3 Å². The fourth-order valence-corrected chi connectivity index (χ4v) is 5.24. The maximum absolute atomic E-state index is 12.7. The topological polar surface area (TPSA) is 104 Å². The molecule has 176 valence electrons. The molecule has 3 rings (SSSR count). The number of aromatic nitrogens is 1. The number of hydrogen-bond acceptors (Lipinski definition) is 6. The second-order valence-corrected chi connectivity index (χ2v) is 10.8. The van der Waals surface area contributed by atoms with Crippen molar-refractivity contribution in [3.63, 3.8) is 0 Å². The second-order valence-electron chi connectivity index (χ2n) is 9.12. The minimum atomic E-state index is -3.64. The maximum atomic E-state index is 12.7. The highest BCUT2D eigenvalue weighted by Gasteiger charge is 2.31. The molecule has 0 aliphatic carbocycles. The number of hydrogen-bond donors (Lipinski definition) is 3. The van der Waals surface area contributed by atoms with Crippen LogP contribution in [0.3, 0.4) is 0 Å². The lowest BCUT2D eigenvalue weighted by molar-refractivity contribution is -0.0439. The minimum Gasteiger partial charge on any atom is -0.387 e. The van der Waals surface area contributed by atoms with Gasteiger partial charge in [0.15, 0.2) is 0 Å². The third-order valence-corrected chi connectivity index (χ3v) is 6.89. The van der Waals surface area contributed by atoms with Crippen LogP contribution in [-0.4, -0.2) is 60.2 Å². The SMILES string of the molecule is C[C@@H]1CN(S(=O)(=O)Nc2ccc(CC(C)(C)NC[C@H](O)c3cccnc3)cc2)C[C@H](C)O1. The van der Waals surface area contributed by atoms with Crippen molar-refractivity contribution in [3.8, 4) is 0 Å². The van der Waals surface area contributed by atoms with Gasteiger partial charge >= 0.3 is 10.2 Å². The summed E-state index contributed by atoms with van der Waals surface area (Å²) in [5.41, 5.74) is 2.11. The number of β-amino-alcohol motifs (C(OH)–C–C–N with tert-alkyl or cyclic N) is 1. The summed E-state index contributed by atoms with van der Waals surface area (Å²) in [4.78, 5) is 4.04. The number of ether oxygens (including phenoxy) is 1. The average Bonchev–Trinajstić information content (AvgIpc) is 2.73. The molecule has 9 heteroatoms. The minimum absolute atomic E-state index is 0.135. The number of nitrogens with zero attached hydrogens (tertiary/aromatic N) is 2. The molecular weight excluding hydrogens is 428 g/mol. The van der Waals surface area contributed by atoms with Gasteiger partial charge in [0.2, 0.25) is 0 Å². The zero-order valence-electron chi connectivity index (χ0n) is 19.2. The number of morpholine rings is 1. The Bertz CT molecular complexity index is 957. The van der Waals surface area contributed by atoms with E-state index in [1.165, 1.54) is 4.31 Å². The molecule has 2 aromatic rings. The average molecular weight is 463 g/mol. The summed E-state index contributed by atoms with van der Waals surface area (Å²) in [7, 11) is -3.64. The first-order valence-corrected chi connectivity index (χ1v) is 12.3. The molecule has 8 nitrogen and oxygen atoms in total. The molecule has 0 spiro atoms. The Morgan fingerprint density at radius 2 is 1.84 bits per heavy atom. The van der Waals surface area contributed by atoms with Crippen LogP contribution in [0.25, 0.3) is 0 Å². The molecule has 0 radical (unpaired) electrons. The summed E-state index contributed by atoms with van der Waals surface area (Å²) in [5, 5.41) is 13.8. The predicted octanol–water partition coefficient (Wildman–Crippen LogP) is 2.49. The molecule has 1 fully saturated rings. The van der Waals surface area contributed by atoms with Crippen LogP contribution in [0.5, 0.6) is 0 Å². The molecule has 3 atom stereocenters. The number of benzene rings is 1. The van der Waals surface area contributed by atoms with Gasteiger partial charge in [-0.2, -0.15) is 12.7 Å². The zero-order valence-corrected chi connectivity index (χ0v) is 20.0. The number of pyridine rings is 1. The Kier molecular flexibility index (Phi) is 7.89. The summed E-state index contributed by atoms with van der Waals surface area (Å²) in [5.74, 6) is 0. The lowest BCUT2D eigenvalue weighted by atomic mass is 9.94. The van der Waals surface area contributed by atoms with Gasteiger partial charge in [0, 0.05) is 48.8 Å². The van der Waals surface area contributed by atoms with E-state index in [-0.39, 0.29) is 17.7 Å². The molecule has 1 saturated heterocycles. The molecule has 0 amide bonds. The lowest BCUT2D eigenvalue weighted by Gasteiger charge is -2.34. The molecule has 0 unspecified atom stereocenters. The first-order valence-electron chi connectivity index (χ1n) is 10.9. The van der Waals surface area contributed by atoms with E-state index < -0.39 is 16.3 Å². The Labute approximate surface area is 191 Å². The normalized spacial score (nSPS) is 21.3. The van der Waals surface area contributed by atoms with Gasteiger partial charge in [-0.15, -0.1) is 0 Å². The Morgan fingerprint density at radius 3 is 2.44 bits per heavy atom. The molecule has 2 heterocycles. The standard InChI is InChI=1S/C23H34N4O4S/c1-17-15-27(16-18(2)31-17)32(29,30)26-21-9-7-19(8-10-21)12-23(3,4)25-14-22(28)20-6-5-11-24-13-20/h5-11,13,17-18,22,25-26,28H,12,14-16H2,1-4H3/t17-,18+,22-/m0/s1. The van der Waals surface area contributed by atoms with Crippen LogP contribution in [0.4, 0.5) is 5.69 Å². The summed E-state index contributed by atoms with van der Waals surface area (Å²) in [6.45, 7) is 8.97. The van der Waals surface area contributed by atoms with E-state index in [9.17, 15) is 13.5 Å². The quantitative estimate of drug-likeness (QED) is 0.529. The van der Waals surface area contributed by atoms with E-state index in [0.717, 1.165) is 17.5 Å². The Hall–Kier alpha value is -2.04. The van der Waals surface area contributed by atoms with Gasteiger partial charge in [-0.05, 0) is 57.9 Å². The van der Waals surface area contributed by atoms with Gasteiger partial charge in [0.05, 0.1) is 18.3 Å². The largest absolute Gasteiger partial charge is 0.387 e. The summed E-state index contributed by atoms with van der Waals surface area (Å²) in [6.07, 6.45) is 3.16. The summed E-state index contributed by atoms with van der Waals surface area (Å²) < 4.78 is 35.2. The van der Waals surface area contributed by atoms with Gasteiger partial charge in [-0.3, -0.25) is 9.71 Å². The van der Waals surface area contributed by atoms with Crippen molar-refractivity contribution in [2.45, 2.75) is 58.0 Å². The van der Waals surface area contributed by atoms with Crippen LogP contribution in [0, 0.1) is 0 Å². The number of rotatable bonds is 9. The van der Waals surface area contributed by atoms with E-state index in [4.69, 9.17) is 4.74 Å². The molecule has 3 N–H and O–H groups in total. The molecule has 32 heavy (non-hydrogen) atoms. The van der Waals surface area contributed by atoms with E-state index in [1.807, 2.05) is 32.0 Å². The third-order valence-electron chi connectivity index (χ3n) is 5.42. The van der Waals surface area contributed by atoms with Gasteiger partial charge in [0.1, 0.15) is 0 Å². The summed E-state index contributed by atoms with van der Waals surface area (Å²) >= 11 is 0. The van der Waals surface area contributed by atoms with E-state index in [2.05, 4.69) is 28.9 Å². The van der Waals surface area contributed by atoms with Crippen molar-refractivity contribution >= 4 is 15.9 Å². The van der Waals surface area contributed by atoms with Crippen LogP contribution in [0.2, 0.25) is 0 Å². The maximum Gasteiger partial charge on any atom is 0.301 e. The smallest absolute Gasteiger partial charge is 0.301 e. The van der Waals surface area contributed by atoms with Gasteiger partial charge in [0.25, 0.3) is 0 Å². The Morgan fingerprint density at radius 1 is 1.19 bits per heavy atom. The summed E-state index contributed by atoms with van der Waals surface area (Å²) in [6, 6.07) is 11.1. The van der Waals surface area contributed by atoms with Crippen LogP contribution < -0.4 is 10.0 Å². The van der Waals surface area contributed by atoms with Gasteiger partial charge in [-0.1, -0.05) is 18.2 Å². The lowest BCUT2D eigenvalue weighted by Crippen LogP contribution is -2.49. The van der Waals surface area contributed by atoms with Crippen molar-refractivity contribution in [3.05, 3.63) is 59.9 Å². The second kappa shape index (κ2) is 10.3. The number of aliphatic hydroxyl groups is 1. The van der Waals surface area contributed by atoms with Crippen LogP contribution in [0.1, 0.15) is 44.9 Å². The molecule has 0 bridgehead atoms. The van der Waals surface area contributed by atoms with Crippen LogP contribution in [0.15, 0.2) is 48.8 Å². The first-order chi connectivity index (χ1) is 15.0. The third kappa shape index (κ3) is 6.98. The van der Waals surface area contributed by atoms with Crippen molar-refractivity contribution in [1.29, 1.82) is 0 Å². The number of anilines is 1. The van der Waals surface area contributed by atoms with E-state index in [0.29, 0.717) is 25.3 Å². The predicted molar refractivity (Wildman–Crippen MR) is 126 cm³/mol. The van der Waals surface area contributed by atoms with E-state index in [1.54, 1.807) is 30.6 Å². The monoisotopic (exact) mass is 462 g/mol. The molecular formula is C23H34N4O4S. The van der Waals surface area contributed by atoms with Crippen molar-refractivity contribution in [2.75, 3.05) is 24.4 Å². The van der Waals surface area contributed by atoms with Crippen molar-refractivity contribution in [1.82, 2.24) is 14.6 Å². The first kappa shape index (κ1) is 24.6. The van der Waals surface area contributed by atoms with Crippen molar-refractivity contribution in [2.24, 2.45) is 0 Å². The highest BCUT2D eigenvalue weighted by atomic mass is 32.2. The van der Waals surface area contributed by atoms with E-state index >= 15 is 0 Å². The molecule has 1 aliphatic rings. The fourth-order valence-electron chi connectivity index (χ4n) is 3.87. The highest BCUT2D eigenvalue weighted by Crippen LogP contribution is 2.20. The molecule has 1 aromatic carbocycles. The molecule has 0 saturated carbocycles. The highest BCUT2D eigenvalue weighted by molar-refractivity contribution is 7.90. The Balaban J connectivity index is 1.55. The fraction of sp³-hybridized carbons (Fsp3) is 0.522. The van der Waals surface area contributed by atoms with Gasteiger partial charge < -0.3 is 15.2 Å². The molecule has 1 aliphatic heterocycles. The van der Waals surface area contributed by atoms with Crippen LogP contribution >= 0.6 is 0 Å². The number of nitrogens with one attached hydrogen (secondary N) is 2. The van der Waals surface area contributed by atoms with Crippen LogP contribution in [-0.2, 0) is 21.4 Å².